The van der Waals surface area contributed by atoms with Gasteiger partial charge in [0.2, 0.25) is 5.89 Å². The van der Waals surface area contributed by atoms with Gasteiger partial charge in [0, 0.05) is 12.3 Å². The van der Waals surface area contributed by atoms with Gasteiger partial charge in [0.1, 0.15) is 0 Å². The number of benzene rings is 2. The van der Waals surface area contributed by atoms with Gasteiger partial charge in [0.05, 0.1) is 17.5 Å². The third kappa shape index (κ3) is 3.25. The van der Waals surface area contributed by atoms with Crippen molar-refractivity contribution in [2.45, 2.75) is 11.6 Å². The third-order valence-corrected chi connectivity index (χ3v) is 4.86. The lowest BCUT2D eigenvalue weighted by atomic mass is 10.1. The lowest BCUT2D eigenvalue weighted by Gasteiger charge is -2.12. The molecule has 3 aromatic rings. The number of hydrogen-bond donors (Lipinski definition) is 0. The third-order valence-electron chi connectivity index (χ3n) is 4.07. The Labute approximate surface area is 154 Å². The highest BCUT2D eigenvalue weighted by Crippen LogP contribution is 2.24. The first-order chi connectivity index (χ1) is 12.7. The Kier molecular flexibility index (Phi) is 4.53. The number of carbonyl (C=O) groups excluding carboxylic acids is 2. The van der Waals surface area contributed by atoms with E-state index in [1.807, 2.05) is 30.3 Å². The van der Waals surface area contributed by atoms with E-state index in [1.54, 1.807) is 24.3 Å². The molecule has 4 rings (SSSR count). The van der Waals surface area contributed by atoms with E-state index in [0.717, 1.165) is 5.56 Å². The standard InChI is InChI=1S/C19H15N3O3S/c23-17-14-8-4-5-9-15(14)18(24)22(17)10-11-26-19-21-20-16(25-19)12-13-6-2-1-3-7-13/h1-9H,10-12H2. The van der Waals surface area contributed by atoms with Gasteiger partial charge in [-0.3, -0.25) is 14.5 Å². The van der Waals surface area contributed by atoms with Crippen molar-refractivity contribution in [3.63, 3.8) is 0 Å². The van der Waals surface area contributed by atoms with Gasteiger partial charge in [0.25, 0.3) is 17.0 Å². The van der Waals surface area contributed by atoms with Crippen LogP contribution in [0.2, 0.25) is 0 Å². The van der Waals surface area contributed by atoms with E-state index in [1.165, 1.54) is 16.7 Å². The Morgan fingerprint density at radius 3 is 2.23 bits per heavy atom. The smallest absolute Gasteiger partial charge is 0.276 e. The van der Waals surface area contributed by atoms with Gasteiger partial charge in [0.15, 0.2) is 0 Å². The molecule has 0 saturated carbocycles. The fraction of sp³-hybridized carbons (Fsp3) is 0.158. The molecule has 1 aliphatic rings. The Bertz CT molecular complexity index is 920. The van der Waals surface area contributed by atoms with Crippen molar-refractivity contribution in [3.8, 4) is 0 Å². The lowest BCUT2D eigenvalue weighted by Crippen LogP contribution is -2.31. The second-order valence-corrected chi connectivity index (χ2v) is 6.83. The van der Waals surface area contributed by atoms with Gasteiger partial charge in [-0.2, -0.15) is 0 Å². The van der Waals surface area contributed by atoms with Crippen LogP contribution >= 0.6 is 11.8 Å². The highest BCUT2D eigenvalue weighted by Gasteiger charge is 2.34. The zero-order valence-electron chi connectivity index (χ0n) is 13.8. The average Bonchev–Trinajstić information content (AvgIpc) is 3.21. The summed E-state index contributed by atoms with van der Waals surface area (Å²) in [7, 11) is 0. The number of nitrogens with zero attached hydrogens (tertiary/aromatic N) is 3. The summed E-state index contributed by atoms with van der Waals surface area (Å²) in [4.78, 5) is 25.9. The maximum absolute atomic E-state index is 12.3. The molecule has 1 aliphatic heterocycles. The minimum atomic E-state index is -0.249. The van der Waals surface area contributed by atoms with Crippen LogP contribution in [0.1, 0.15) is 32.2 Å². The van der Waals surface area contributed by atoms with Crippen LogP contribution in [0.3, 0.4) is 0 Å². The zero-order valence-corrected chi connectivity index (χ0v) is 14.6. The summed E-state index contributed by atoms with van der Waals surface area (Å²) >= 11 is 1.34. The summed E-state index contributed by atoms with van der Waals surface area (Å²) in [5, 5.41) is 8.49. The first-order valence-corrected chi connectivity index (χ1v) is 9.15. The Morgan fingerprint density at radius 2 is 1.54 bits per heavy atom. The Morgan fingerprint density at radius 1 is 0.885 bits per heavy atom. The van der Waals surface area contributed by atoms with Gasteiger partial charge in [-0.05, 0) is 17.7 Å². The van der Waals surface area contributed by atoms with Crippen LogP contribution in [0, 0.1) is 0 Å². The topological polar surface area (TPSA) is 76.3 Å². The first kappa shape index (κ1) is 16.5. The second-order valence-electron chi connectivity index (χ2n) is 5.78. The van der Waals surface area contributed by atoms with E-state index in [0.29, 0.717) is 41.0 Å². The molecule has 7 heteroatoms. The highest BCUT2D eigenvalue weighted by molar-refractivity contribution is 7.99. The highest BCUT2D eigenvalue weighted by atomic mass is 32.2. The lowest BCUT2D eigenvalue weighted by molar-refractivity contribution is 0.0664. The summed E-state index contributed by atoms with van der Waals surface area (Å²) in [6.45, 7) is 0.299. The SMILES string of the molecule is O=C1c2ccccc2C(=O)N1CCSc1nnc(Cc2ccccc2)o1. The molecule has 0 saturated heterocycles. The number of hydrogen-bond acceptors (Lipinski definition) is 6. The molecule has 0 fully saturated rings. The van der Waals surface area contributed by atoms with E-state index in [2.05, 4.69) is 10.2 Å². The predicted molar refractivity (Wildman–Crippen MR) is 96.1 cm³/mol. The number of imide groups is 1. The van der Waals surface area contributed by atoms with Crippen molar-refractivity contribution in [3.05, 3.63) is 77.2 Å². The summed E-state index contributed by atoms with van der Waals surface area (Å²) in [5.41, 5.74) is 2.02. The van der Waals surface area contributed by atoms with Gasteiger partial charge in [-0.25, -0.2) is 0 Å². The summed E-state index contributed by atoms with van der Waals surface area (Å²) < 4.78 is 5.62. The van der Waals surface area contributed by atoms with Crippen molar-refractivity contribution in [1.29, 1.82) is 0 Å². The molecule has 130 valence electrons. The summed E-state index contributed by atoms with van der Waals surface area (Å²) in [5.74, 6) is 0.542. The Balaban J connectivity index is 1.33. The maximum Gasteiger partial charge on any atom is 0.276 e. The minimum absolute atomic E-state index is 0.249. The quantitative estimate of drug-likeness (QED) is 0.494. The fourth-order valence-corrected chi connectivity index (χ4v) is 3.51. The van der Waals surface area contributed by atoms with E-state index in [9.17, 15) is 9.59 Å². The van der Waals surface area contributed by atoms with Gasteiger partial charge >= 0.3 is 0 Å². The van der Waals surface area contributed by atoms with Crippen LogP contribution in [0.25, 0.3) is 0 Å². The van der Waals surface area contributed by atoms with Crippen LogP contribution in [0.5, 0.6) is 0 Å². The number of fused-ring (bicyclic) bond motifs is 1. The molecule has 2 aromatic carbocycles. The number of rotatable bonds is 6. The van der Waals surface area contributed by atoms with Crippen molar-refractivity contribution in [2.24, 2.45) is 0 Å². The van der Waals surface area contributed by atoms with Crippen LogP contribution in [0.4, 0.5) is 0 Å². The molecule has 0 radical (unpaired) electrons. The summed E-state index contributed by atoms with van der Waals surface area (Å²) in [6, 6.07) is 16.8. The molecule has 26 heavy (non-hydrogen) atoms. The van der Waals surface area contributed by atoms with E-state index < -0.39 is 0 Å². The molecule has 2 amide bonds. The molecule has 0 aliphatic carbocycles. The Hall–Kier alpha value is -2.93. The van der Waals surface area contributed by atoms with Gasteiger partial charge in [-0.1, -0.05) is 54.2 Å². The van der Waals surface area contributed by atoms with E-state index >= 15 is 0 Å². The van der Waals surface area contributed by atoms with E-state index in [4.69, 9.17) is 4.42 Å². The van der Waals surface area contributed by atoms with Crippen molar-refractivity contribution >= 4 is 23.6 Å². The number of aromatic nitrogens is 2. The molecule has 0 unspecified atom stereocenters. The molecule has 0 N–H and O–H groups in total. The van der Waals surface area contributed by atoms with Crippen LogP contribution in [-0.4, -0.2) is 39.2 Å². The number of amides is 2. The van der Waals surface area contributed by atoms with E-state index in [-0.39, 0.29) is 11.8 Å². The molecule has 2 heterocycles. The number of carbonyl (C=O) groups is 2. The monoisotopic (exact) mass is 365 g/mol. The molecule has 1 aromatic heterocycles. The largest absolute Gasteiger partial charge is 0.416 e. The molecule has 6 nitrogen and oxygen atoms in total. The predicted octanol–water partition coefficient (Wildman–Crippen LogP) is 3.05. The van der Waals surface area contributed by atoms with Crippen LogP contribution in [0.15, 0.2) is 64.2 Å². The zero-order chi connectivity index (χ0) is 17.9. The summed E-state index contributed by atoms with van der Waals surface area (Å²) in [6.07, 6.45) is 0.576. The fourth-order valence-electron chi connectivity index (χ4n) is 2.80. The average molecular weight is 365 g/mol. The first-order valence-electron chi connectivity index (χ1n) is 8.17. The van der Waals surface area contributed by atoms with Crippen molar-refractivity contribution < 1.29 is 14.0 Å². The molecular weight excluding hydrogens is 350 g/mol. The van der Waals surface area contributed by atoms with Crippen LogP contribution < -0.4 is 0 Å². The molecular formula is C19H15N3O3S. The van der Waals surface area contributed by atoms with Crippen molar-refractivity contribution in [1.82, 2.24) is 15.1 Å². The van der Waals surface area contributed by atoms with Crippen molar-refractivity contribution in [2.75, 3.05) is 12.3 Å². The molecule has 0 atom stereocenters. The normalized spacial score (nSPS) is 13.3. The maximum atomic E-state index is 12.3. The van der Waals surface area contributed by atoms with Crippen LogP contribution in [-0.2, 0) is 6.42 Å². The second kappa shape index (κ2) is 7.13. The molecule has 0 bridgehead atoms. The number of thioether (sulfide) groups is 1. The molecule has 0 spiro atoms. The van der Waals surface area contributed by atoms with Gasteiger partial charge < -0.3 is 4.42 Å². The minimum Gasteiger partial charge on any atom is -0.416 e. The van der Waals surface area contributed by atoms with Gasteiger partial charge in [-0.15, -0.1) is 10.2 Å².